The maximum Gasteiger partial charge on any atom is 0.306 e. The lowest BCUT2D eigenvalue weighted by molar-refractivity contribution is -0.141. The quantitative estimate of drug-likeness (QED) is 0.716. The third-order valence-electron chi connectivity index (χ3n) is 3.19. The molecule has 0 unspecified atom stereocenters. The van der Waals surface area contributed by atoms with Gasteiger partial charge in [-0.15, -0.1) is 5.10 Å². The fourth-order valence-electron chi connectivity index (χ4n) is 2.14. The zero-order valence-electron chi connectivity index (χ0n) is 10.1. The van der Waals surface area contributed by atoms with Gasteiger partial charge in [-0.05, 0) is 19.3 Å². The summed E-state index contributed by atoms with van der Waals surface area (Å²) in [5, 5.41) is 18.1. The van der Waals surface area contributed by atoms with Gasteiger partial charge in [0.25, 0.3) is 5.91 Å². The molecule has 0 aromatic carbocycles. The summed E-state index contributed by atoms with van der Waals surface area (Å²) in [6.07, 6.45) is 2.46. The van der Waals surface area contributed by atoms with Crippen LogP contribution in [-0.2, 0) is 11.2 Å². The van der Waals surface area contributed by atoms with Crippen molar-refractivity contribution >= 4 is 11.9 Å². The van der Waals surface area contributed by atoms with Crippen LogP contribution < -0.4 is 5.32 Å². The molecule has 0 saturated heterocycles. The molecule has 0 spiro atoms. The normalized spacial score (nSPS) is 22.9. The van der Waals surface area contributed by atoms with E-state index in [0.717, 1.165) is 0 Å². The number of amides is 1. The molecule has 1 aliphatic carbocycles. The van der Waals surface area contributed by atoms with Crippen molar-refractivity contribution in [3.05, 3.63) is 11.6 Å². The summed E-state index contributed by atoms with van der Waals surface area (Å²) >= 11 is 0. The van der Waals surface area contributed by atoms with Gasteiger partial charge in [0, 0.05) is 12.5 Å². The van der Waals surface area contributed by atoms with Gasteiger partial charge in [-0.1, -0.05) is 6.92 Å². The molecule has 3 N–H and O–H groups in total. The lowest BCUT2D eigenvalue weighted by Gasteiger charge is -2.10. The predicted molar refractivity (Wildman–Crippen MR) is 62.0 cm³/mol. The smallest absolute Gasteiger partial charge is 0.306 e. The van der Waals surface area contributed by atoms with Crippen LogP contribution in [0.5, 0.6) is 0 Å². The molecule has 18 heavy (non-hydrogen) atoms. The minimum absolute atomic E-state index is 0.0952. The summed E-state index contributed by atoms with van der Waals surface area (Å²) in [4.78, 5) is 26.6. The van der Waals surface area contributed by atoms with Crippen LogP contribution in [0.25, 0.3) is 0 Å². The third kappa shape index (κ3) is 2.66. The first-order chi connectivity index (χ1) is 8.60. The van der Waals surface area contributed by atoms with Crippen molar-refractivity contribution in [1.82, 2.24) is 20.5 Å². The van der Waals surface area contributed by atoms with Crippen LogP contribution in [0.4, 0.5) is 0 Å². The SMILES string of the molecule is CCc1nc(C(=O)N[C@H]2CC[C@@H](C(=O)O)C2)n[nH]1. The van der Waals surface area contributed by atoms with E-state index in [1.54, 1.807) is 0 Å². The van der Waals surface area contributed by atoms with Gasteiger partial charge in [-0.2, -0.15) is 0 Å². The van der Waals surface area contributed by atoms with Crippen LogP contribution in [0, 0.1) is 5.92 Å². The second kappa shape index (κ2) is 5.16. The van der Waals surface area contributed by atoms with Crippen LogP contribution in [0.2, 0.25) is 0 Å². The van der Waals surface area contributed by atoms with Crippen molar-refractivity contribution in [1.29, 1.82) is 0 Å². The fraction of sp³-hybridized carbons (Fsp3) is 0.636. The molecular weight excluding hydrogens is 236 g/mol. The predicted octanol–water partition coefficient (Wildman–Crippen LogP) is 0.350. The maximum absolute atomic E-state index is 11.8. The number of nitrogens with zero attached hydrogens (tertiary/aromatic N) is 2. The van der Waals surface area contributed by atoms with E-state index in [2.05, 4.69) is 20.5 Å². The first-order valence-corrected chi connectivity index (χ1v) is 6.05. The first-order valence-electron chi connectivity index (χ1n) is 6.05. The van der Waals surface area contributed by atoms with Gasteiger partial charge in [0.1, 0.15) is 5.82 Å². The van der Waals surface area contributed by atoms with E-state index in [0.29, 0.717) is 31.5 Å². The second-order valence-corrected chi connectivity index (χ2v) is 4.48. The molecule has 7 heteroatoms. The topological polar surface area (TPSA) is 108 Å². The highest BCUT2D eigenvalue weighted by atomic mass is 16.4. The zero-order chi connectivity index (χ0) is 13.1. The summed E-state index contributed by atoms with van der Waals surface area (Å²) in [5.74, 6) is -0.714. The van der Waals surface area contributed by atoms with E-state index in [-0.39, 0.29) is 23.7 Å². The number of aryl methyl sites for hydroxylation is 1. The van der Waals surface area contributed by atoms with Gasteiger partial charge >= 0.3 is 5.97 Å². The molecule has 0 radical (unpaired) electrons. The van der Waals surface area contributed by atoms with Crippen LogP contribution in [0.3, 0.4) is 0 Å². The number of hydrogen-bond acceptors (Lipinski definition) is 4. The number of hydrogen-bond donors (Lipinski definition) is 3. The molecule has 1 saturated carbocycles. The minimum atomic E-state index is -0.794. The number of carbonyl (C=O) groups is 2. The molecule has 1 aromatic heterocycles. The summed E-state index contributed by atoms with van der Waals surface area (Å²) in [7, 11) is 0. The number of aliphatic carboxylic acids is 1. The Kier molecular flexibility index (Phi) is 3.59. The van der Waals surface area contributed by atoms with Crippen molar-refractivity contribution in [2.45, 2.75) is 38.6 Å². The monoisotopic (exact) mass is 252 g/mol. The highest BCUT2D eigenvalue weighted by Gasteiger charge is 2.31. The third-order valence-corrected chi connectivity index (χ3v) is 3.19. The Morgan fingerprint density at radius 1 is 1.50 bits per heavy atom. The highest BCUT2D eigenvalue weighted by molar-refractivity contribution is 5.90. The zero-order valence-corrected chi connectivity index (χ0v) is 10.1. The van der Waals surface area contributed by atoms with Gasteiger partial charge in [-0.25, -0.2) is 4.98 Å². The molecule has 2 rings (SSSR count). The Morgan fingerprint density at radius 2 is 2.28 bits per heavy atom. The molecule has 1 amide bonds. The molecular formula is C11H16N4O3. The van der Waals surface area contributed by atoms with Crippen molar-refractivity contribution in [2.75, 3.05) is 0 Å². The number of rotatable bonds is 4. The number of carbonyl (C=O) groups excluding carboxylic acids is 1. The van der Waals surface area contributed by atoms with E-state index in [1.807, 2.05) is 6.92 Å². The van der Waals surface area contributed by atoms with E-state index >= 15 is 0 Å². The van der Waals surface area contributed by atoms with Crippen LogP contribution in [0.15, 0.2) is 0 Å². The Bertz CT molecular complexity index is 457. The average molecular weight is 252 g/mol. The highest BCUT2D eigenvalue weighted by Crippen LogP contribution is 2.25. The van der Waals surface area contributed by atoms with E-state index in [4.69, 9.17) is 5.11 Å². The molecule has 0 aliphatic heterocycles. The maximum atomic E-state index is 11.8. The van der Waals surface area contributed by atoms with Crippen molar-refractivity contribution in [3.8, 4) is 0 Å². The Hall–Kier alpha value is -1.92. The van der Waals surface area contributed by atoms with Crippen LogP contribution in [0.1, 0.15) is 42.6 Å². The Labute approximate surface area is 104 Å². The van der Waals surface area contributed by atoms with Gasteiger partial charge in [0.2, 0.25) is 5.82 Å². The molecule has 98 valence electrons. The molecule has 7 nitrogen and oxygen atoms in total. The van der Waals surface area contributed by atoms with Crippen LogP contribution in [-0.4, -0.2) is 38.2 Å². The number of nitrogens with one attached hydrogen (secondary N) is 2. The van der Waals surface area contributed by atoms with Crippen molar-refractivity contribution in [3.63, 3.8) is 0 Å². The van der Waals surface area contributed by atoms with Crippen LogP contribution >= 0.6 is 0 Å². The largest absolute Gasteiger partial charge is 0.481 e. The summed E-state index contributed by atoms with van der Waals surface area (Å²) in [5.41, 5.74) is 0. The second-order valence-electron chi connectivity index (χ2n) is 4.48. The lowest BCUT2D eigenvalue weighted by atomic mass is 10.1. The fourth-order valence-corrected chi connectivity index (χ4v) is 2.14. The van der Waals surface area contributed by atoms with Gasteiger partial charge < -0.3 is 10.4 Å². The number of aromatic nitrogens is 3. The minimum Gasteiger partial charge on any atom is -0.481 e. The standard InChI is InChI=1S/C11H16N4O3/c1-2-8-13-9(15-14-8)10(16)12-7-4-3-6(5-7)11(17)18/h6-7H,2-5H2,1H3,(H,12,16)(H,17,18)(H,13,14,15)/t6-,7+/m1/s1. The number of carboxylic acids is 1. The van der Waals surface area contributed by atoms with Crippen molar-refractivity contribution in [2.24, 2.45) is 5.92 Å². The molecule has 1 fully saturated rings. The number of H-pyrrole nitrogens is 1. The van der Waals surface area contributed by atoms with E-state index < -0.39 is 5.97 Å². The molecule has 2 atom stereocenters. The molecule has 1 aliphatic rings. The average Bonchev–Trinajstić information content (AvgIpc) is 2.96. The van der Waals surface area contributed by atoms with Gasteiger partial charge in [0.15, 0.2) is 0 Å². The van der Waals surface area contributed by atoms with Crippen molar-refractivity contribution < 1.29 is 14.7 Å². The Balaban J connectivity index is 1.90. The van der Waals surface area contributed by atoms with Gasteiger partial charge in [0.05, 0.1) is 5.92 Å². The van der Waals surface area contributed by atoms with E-state index in [1.165, 1.54) is 0 Å². The summed E-state index contributed by atoms with van der Waals surface area (Å²) in [6, 6.07) is -0.0952. The van der Waals surface area contributed by atoms with E-state index in [9.17, 15) is 9.59 Å². The number of aromatic amines is 1. The summed E-state index contributed by atoms with van der Waals surface area (Å²) < 4.78 is 0. The number of carboxylic acid groups (broad SMARTS) is 1. The molecule has 0 bridgehead atoms. The molecule has 1 heterocycles. The lowest BCUT2D eigenvalue weighted by Crippen LogP contribution is -2.34. The summed E-state index contributed by atoms with van der Waals surface area (Å²) in [6.45, 7) is 1.91. The first kappa shape index (κ1) is 12.5. The molecule has 1 aromatic rings. The Morgan fingerprint density at radius 3 is 2.83 bits per heavy atom. The van der Waals surface area contributed by atoms with Gasteiger partial charge in [-0.3, -0.25) is 14.7 Å².